The number of amides is 4. The fraction of sp³-hybridized carbons (Fsp3) is 0.583. The van der Waals surface area contributed by atoms with Crippen LogP contribution in [0.4, 0.5) is 0 Å². The standard InChI is InChI=1S/C24H31N5O4/c30-20-7-6-19(22(31)26-20)29-15-17-4-1-3-16(21(17)24(29)33)13-27-10-2-5-18(14-27)23(32)28-11-8-25-9-12-28/h1,3-4,18-19,25H,2,5-15H2,(H,26,30,31). The summed E-state index contributed by atoms with van der Waals surface area (Å²) in [5.74, 6) is -0.556. The van der Waals surface area contributed by atoms with Gasteiger partial charge < -0.3 is 15.1 Å². The lowest BCUT2D eigenvalue weighted by atomic mass is 9.95. The molecule has 4 aliphatic rings. The van der Waals surface area contributed by atoms with Crippen LogP contribution in [0.5, 0.6) is 0 Å². The molecule has 176 valence electrons. The Balaban J connectivity index is 1.28. The van der Waals surface area contributed by atoms with E-state index in [1.807, 2.05) is 23.1 Å². The largest absolute Gasteiger partial charge is 0.340 e. The van der Waals surface area contributed by atoms with E-state index in [4.69, 9.17) is 0 Å². The molecule has 0 saturated carbocycles. The maximum atomic E-state index is 13.3. The van der Waals surface area contributed by atoms with Crippen LogP contribution in [0.25, 0.3) is 0 Å². The van der Waals surface area contributed by atoms with E-state index < -0.39 is 6.04 Å². The van der Waals surface area contributed by atoms with Gasteiger partial charge in [-0.3, -0.25) is 29.4 Å². The first kappa shape index (κ1) is 22.0. The highest BCUT2D eigenvalue weighted by Crippen LogP contribution is 2.31. The SMILES string of the molecule is O=C1CCC(N2Cc3cccc(CN4CCCC(C(=O)N5CCNCC5)C4)c3C2=O)C(=O)N1. The second-order valence-corrected chi connectivity index (χ2v) is 9.50. The fourth-order valence-electron chi connectivity index (χ4n) is 5.61. The Labute approximate surface area is 193 Å². The first-order valence-corrected chi connectivity index (χ1v) is 12.0. The predicted octanol–water partition coefficient (Wildman–Crippen LogP) is 0.0914. The number of hydrogen-bond acceptors (Lipinski definition) is 6. The summed E-state index contributed by atoms with van der Waals surface area (Å²) in [6, 6.07) is 5.27. The van der Waals surface area contributed by atoms with Crippen LogP contribution < -0.4 is 10.6 Å². The van der Waals surface area contributed by atoms with Gasteiger partial charge in [0.2, 0.25) is 17.7 Å². The highest BCUT2D eigenvalue weighted by atomic mass is 16.2. The van der Waals surface area contributed by atoms with Gasteiger partial charge in [0, 0.05) is 57.8 Å². The lowest BCUT2D eigenvalue weighted by Gasteiger charge is -2.36. The van der Waals surface area contributed by atoms with Crippen molar-refractivity contribution in [3.63, 3.8) is 0 Å². The predicted molar refractivity (Wildman–Crippen MR) is 120 cm³/mol. The van der Waals surface area contributed by atoms with Crippen LogP contribution in [-0.2, 0) is 27.5 Å². The van der Waals surface area contributed by atoms with Gasteiger partial charge in [-0.1, -0.05) is 18.2 Å². The van der Waals surface area contributed by atoms with E-state index in [0.717, 1.165) is 56.7 Å². The number of carbonyl (C=O) groups is 4. The first-order valence-electron chi connectivity index (χ1n) is 12.0. The molecule has 9 heteroatoms. The third-order valence-corrected chi connectivity index (χ3v) is 7.32. The van der Waals surface area contributed by atoms with Crippen molar-refractivity contribution >= 4 is 23.6 Å². The van der Waals surface area contributed by atoms with Crippen LogP contribution >= 0.6 is 0 Å². The number of rotatable bonds is 4. The number of piperidine rings is 2. The quantitative estimate of drug-likeness (QED) is 0.627. The molecule has 0 aromatic heterocycles. The molecule has 1 aromatic rings. The molecule has 2 N–H and O–H groups in total. The van der Waals surface area contributed by atoms with E-state index in [1.165, 1.54) is 0 Å². The number of nitrogens with one attached hydrogen (secondary N) is 2. The Morgan fingerprint density at radius 2 is 1.88 bits per heavy atom. The van der Waals surface area contributed by atoms with Gasteiger partial charge in [-0.2, -0.15) is 0 Å². The van der Waals surface area contributed by atoms with Crippen LogP contribution in [0, 0.1) is 5.92 Å². The number of carbonyl (C=O) groups excluding carboxylic acids is 4. The zero-order valence-electron chi connectivity index (χ0n) is 18.8. The lowest BCUT2D eigenvalue weighted by molar-refractivity contribution is -0.138. The minimum Gasteiger partial charge on any atom is -0.340 e. The minimum atomic E-state index is -0.605. The molecule has 33 heavy (non-hydrogen) atoms. The number of fused-ring (bicyclic) bond motifs is 1. The molecule has 3 saturated heterocycles. The van der Waals surface area contributed by atoms with Gasteiger partial charge in [-0.05, 0) is 36.9 Å². The van der Waals surface area contributed by atoms with Crippen molar-refractivity contribution in [3.8, 4) is 0 Å². The monoisotopic (exact) mass is 453 g/mol. The maximum Gasteiger partial charge on any atom is 0.255 e. The Bertz CT molecular complexity index is 974. The summed E-state index contributed by atoms with van der Waals surface area (Å²) >= 11 is 0. The maximum absolute atomic E-state index is 13.3. The topological polar surface area (TPSA) is 102 Å². The second kappa shape index (κ2) is 9.23. The van der Waals surface area contributed by atoms with Crippen molar-refractivity contribution in [2.45, 2.75) is 44.8 Å². The summed E-state index contributed by atoms with van der Waals surface area (Å²) in [6.07, 6.45) is 2.49. The van der Waals surface area contributed by atoms with Crippen molar-refractivity contribution in [3.05, 3.63) is 34.9 Å². The number of nitrogens with zero attached hydrogens (tertiary/aromatic N) is 3. The smallest absolute Gasteiger partial charge is 0.255 e. The highest BCUT2D eigenvalue weighted by molar-refractivity contribution is 6.06. The number of benzene rings is 1. The molecule has 4 aliphatic heterocycles. The van der Waals surface area contributed by atoms with Crippen LogP contribution in [0.2, 0.25) is 0 Å². The summed E-state index contributed by atoms with van der Waals surface area (Å²) in [4.78, 5) is 56.1. The van der Waals surface area contributed by atoms with E-state index in [-0.39, 0.29) is 36.0 Å². The molecule has 0 radical (unpaired) electrons. The number of hydrogen-bond donors (Lipinski definition) is 2. The molecule has 0 bridgehead atoms. The lowest BCUT2D eigenvalue weighted by Crippen LogP contribution is -2.52. The molecule has 1 aromatic carbocycles. The fourth-order valence-corrected chi connectivity index (χ4v) is 5.61. The van der Waals surface area contributed by atoms with Crippen LogP contribution in [-0.4, -0.2) is 83.6 Å². The minimum absolute atomic E-state index is 0.00397. The van der Waals surface area contributed by atoms with Crippen molar-refractivity contribution < 1.29 is 19.2 Å². The van der Waals surface area contributed by atoms with Gasteiger partial charge >= 0.3 is 0 Å². The summed E-state index contributed by atoms with van der Waals surface area (Å²) in [5.41, 5.74) is 2.55. The Kier molecular flexibility index (Phi) is 6.16. The number of piperazine rings is 1. The summed E-state index contributed by atoms with van der Waals surface area (Å²) in [6.45, 7) is 5.85. The molecule has 0 spiro atoms. The molecule has 3 fully saturated rings. The normalized spacial score (nSPS) is 26.4. The summed E-state index contributed by atoms with van der Waals surface area (Å²) in [5, 5.41) is 5.65. The average molecular weight is 454 g/mol. The zero-order valence-corrected chi connectivity index (χ0v) is 18.8. The Hall–Kier alpha value is -2.78. The van der Waals surface area contributed by atoms with Crippen LogP contribution in [0.15, 0.2) is 18.2 Å². The van der Waals surface area contributed by atoms with Gasteiger partial charge in [-0.15, -0.1) is 0 Å². The number of likely N-dealkylation sites (tertiary alicyclic amines) is 1. The van der Waals surface area contributed by atoms with Crippen molar-refractivity contribution in [2.75, 3.05) is 39.3 Å². The van der Waals surface area contributed by atoms with Gasteiger partial charge in [0.25, 0.3) is 5.91 Å². The van der Waals surface area contributed by atoms with Crippen LogP contribution in [0.1, 0.15) is 47.2 Å². The molecule has 2 atom stereocenters. The Morgan fingerprint density at radius 1 is 1.06 bits per heavy atom. The van der Waals surface area contributed by atoms with Gasteiger partial charge in [0.1, 0.15) is 6.04 Å². The van der Waals surface area contributed by atoms with Crippen molar-refractivity contribution in [1.29, 1.82) is 0 Å². The third-order valence-electron chi connectivity index (χ3n) is 7.32. The highest BCUT2D eigenvalue weighted by Gasteiger charge is 2.40. The average Bonchev–Trinajstić information content (AvgIpc) is 3.16. The first-order chi connectivity index (χ1) is 16.0. The molecular formula is C24H31N5O4. The molecule has 9 nitrogen and oxygen atoms in total. The molecule has 4 heterocycles. The van der Waals surface area contributed by atoms with Crippen molar-refractivity contribution in [2.24, 2.45) is 5.92 Å². The molecular weight excluding hydrogens is 422 g/mol. The van der Waals surface area contributed by atoms with E-state index >= 15 is 0 Å². The van der Waals surface area contributed by atoms with Crippen molar-refractivity contribution in [1.82, 2.24) is 25.3 Å². The van der Waals surface area contributed by atoms with E-state index in [9.17, 15) is 19.2 Å². The van der Waals surface area contributed by atoms with E-state index in [0.29, 0.717) is 31.6 Å². The number of imide groups is 1. The molecule has 4 amide bonds. The zero-order chi connectivity index (χ0) is 22.9. The van der Waals surface area contributed by atoms with Crippen LogP contribution in [0.3, 0.4) is 0 Å². The molecule has 0 aliphatic carbocycles. The second-order valence-electron chi connectivity index (χ2n) is 9.50. The van der Waals surface area contributed by atoms with Gasteiger partial charge in [0.15, 0.2) is 0 Å². The summed E-state index contributed by atoms with van der Waals surface area (Å²) in [7, 11) is 0. The summed E-state index contributed by atoms with van der Waals surface area (Å²) < 4.78 is 0. The molecule has 5 rings (SSSR count). The van der Waals surface area contributed by atoms with E-state index in [2.05, 4.69) is 15.5 Å². The Morgan fingerprint density at radius 3 is 2.67 bits per heavy atom. The van der Waals surface area contributed by atoms with Gasteiger partial charge in [0.05, 0.1) is 5.92 Å². The van der Waals surface area contributed by atoms with Gasteiger partial charge in [-0.25, -0.2) is 0 Å². The third kappa shape index (κ3) is 4.39. The molecule has 2 unspecified atom stereocenters. The van der Waals surface area contributed by atoms with E-state index in [1.54, 1.807) is 4.90 Å².